The molecule has 0 saturated heterocycles. The van der Waals surface area contributed by atoms with Gasteiger partial charge in [-0.1, -0.05) is 6.07 Å². The van der Waals surface area contributed by atoms with Gasteiger partial charge >= 0.3 is 5.69 Å². The van der Waals surface area contributed by atoms with Gasteiger partial charge < -0.3 is 5.32 Å². The quantitative estimate of drug-likeness (QED) is 0.897. The molecule has 1 aromatic carbocycles. The second-order valence-corrected chi connectivity index (χ2v) is 5.63. The van der Waals surface area contributed by atoms with Crippen molar-refractivity contribution in [3.63, 3.8) is 0 Å². The molecular formula is C11H13BrN4OS. The van der Waals surface area contributed by atoms with E-state index in [1.54, 1.807) is 7.05 Å². The van der Waals surface area contributed by atoms with Crippen molar-refractivity contribution in [3.8, 4) is 0 Å². The fourth-order valence-corrected chi connectivity index (χ4v) is 2.93. The molecule has 0 amide bonds. The Bertz CT molecular complexity index is 607. The Morgan fingerprint density at radius 2 is 2.33 bits per heavy atom. The highest BCUT2D eigenvalue weighted by molar-refractivity contribution is 9.10. The van der Waals surface area contributed by atoms with E-state index in [1.165, 1.54) is 21.9 Å². The van der Waals surface area contributed by atoms with Crippen LogP contribution in [0.5, 0.6) is 0 Å². The lowest BCUT2D eigenvalue weighted by atomic mass is 10.2. The summed E-state index contributed by atoms with van der Waals surface area (Å²) in [6.45, 7) is 0.824. The van der Waals surface area contributed by atoms with Crippen LogP contribution in [0, 0.1) is 0 Å². The van der Waals surface area contributed by atoms with Gasteiger partial charge in [0.05, 0.1) is 0 Å². The largest absolute Gasteiger partial charge is 0.343 e. The van der Waals surface area contributed by atoms with Crippen molar-refractivity contribution < 1.29 is 0 Å². The SMILES string of the molecule is CNCc1ccc(Sc2n[nH]c(=O)n2C)c(Br)c1. The molecule has 0 unspecified atom stereocenters. The van der Waals surface area contributed by atoms with Crippen molar-refractivity contribution in [1.29, 1.82) is 0 Å². The first-order chi connectivity index (χ1) is 8.61. The minimum Gasteiger partial charge on any atom is -0.316 e. The molecule has 7 heteroatoms. The van der Waals surface area contributed by atoms with E-state index in [4.69, 9.17) is 0 Å². The highest BCUT2D eigenvalue weighted by Crippen LogP contribution is 2.32. The lowest BCUT2D eigenvalue weighted by molar-refractivity contribution is 0.765. The van der Waals surface area contributed by atoms with Crippen LogP contribution in [0.4, 0.5) is 0 Å². The van der Waals surface area contributed by atoms with E-state index in [-0.39, 0.29) is 5.69 Å². The number of hydrogen-bond acceptors (Lipinski definition) is 4. The van der Waals surface area contributed by atoms with Crippen LogP contribution in [-0.4, -0.2) is 21.8 Å². The third-order valence-electron chi connectivity index (χ3n) is 2.42. The molecule has 0 radical (unpaired) electrons. The Morgan fingerprint density at radius 1 is 1.56 bits per heavy atom. The maximum atomic E-state index is 11.3. The summed E-state index contributed by atoms with van der Waals surface area (Å²) in [5, 5.41) is 10.1. The van der Waals surface area contributed by atoms with E-state index in [9.17, 15) is 4.79 Å². The third-order valence-corrected chi connectivity index (χ3v) is 4.46. The zero-order chi connectivity index (χ0) is 13.1. The standard InChI is InChI=1S/C11H13BrN4OS/c1-13-6-7-3-4-9(8(12)5-7)18-11-15-14-10(17)16(11)2/h3-5,13H,6H2,1-2H3,(H,14,17). The van der Waals surface area contributed by atoms with Crippen LogP contribution in [-0.2, 0) is 13.6 Å². The summed E-state index contributed by atoms with van der Waals surface area (Å²) in [6.07, 6.45) is 0. The number of nitrogens with zero attached hydrogens (tertiary/aromatic N) is 2. The number of aromatic nitrogens is 3. The van der Waals surface area contributed by atoms with Gasteiger partial charge in [0.15, 0.2) is 5.16 Å². The van der Waals surface area contributed by atoms with Gasteiger partial charge in [-0.3, -0.25) is 4.57 Å². The first-order valence-corrected chi connectivity index (χ1v) is 6.95. The molecule has 5 nitrogen and oxygen atoms in total. The summed E-state index contributed by atoms with van der Waals surface area (Å²) in [6, 6.07) is 6.12. The van der Waals surface area contributed by atoms with Gasteiger partial charge in [0.1, 0.15) is 0 Å². The van der Waals surface area contributed by atoms with E-state index >= 15 is 0 Å². The van der Waals surface area contributed by atoms with E-state index in [2.05, 4.69) is 37.5 Å². The number of hydrogen-bond donors (Lipinski definition) is 2. The molecule has 0 atom stereocenters. The van der Waals surface area contributed by atoms with Crippen molar-refractivity contribution in [2.45, 2.75) is 16.6 Å². The van der Waals surface area contributed by atoms with Crippen LogP contribution >= 0.6 is 27.7 Å². The fourth-order valence-electron chi connectivity index (χ4n) is 1.46. The smallest absolute Gasteiger partial charge is 0.316 e. The van der Waals surface area contributed by atoms with Crippen molar-refractivity contribution in [2.24, 2.45) is 7.05 Å². The Hall–Kier alpha value is -1.05. The zero-order valence-corrected chi connectivity index (χ0v) is 12.4. The van der Waals surface area contributed by atoms with E-state index < -0.39 is 0 Å². The molecule has 0 spiro atoms. The monoisotopic (exact) mass is 328 g/mol. The minimum absolute atomic E-state index is 0.208. The highest BCUT2D eigenvalue weighted by Gasteiger charge is 2.09. The summed E-state index contributed by atoms with van der Waals surface area (Å²) in [4.78, 5) is 12.3. The zero-order valence-electron chi connectivity index (χ0n) is 10.0. The van der Waals surface area contributed by atoms with E-state index in [0.717, 1.165) is 15.9 Å². The summed E-state index contributed by atoms with van der Waals surface area (Å²) in [7, 11) is 3.60. The van der Waals surface area contributed by atoms with Crippen LogP contribution in [0.2, 0.25) is 0 Å². The number of rotatable bonds is 4. The summed E-state index contributed by atoms with van der Waals surface area (Å²) in [5.41, 5.74) is 0.991. The summed E-state index contributed by atoms with van der Waals surface area (Å²) < 4.78 is 2.48. The Morgan fingerprint density at radius 3 is 2.89 bits per heavy atom. The molecule has 0 saturated carbocycles. The maximum absolute atomic E-state index is 11.3. The molecule has 0 fully saturated rings. The number of H-pyrrole nitrogens is 1. The Labute approximate surface area is 117 Å². The molecule has 0 aliphatic carbocycles. The molecule has 96 valence electrons. The van der Waals surface area contributed by atoms with E-state index in [1.807, 2.05) is 19.2 Å². The van der Waals surface area contributed by atoms with Crippen molar-refractivity contribution in [2.75, 3.05) is 7.05 Å². The second-order valence-electron chi connectivity index (χ2n) is 3.77. The number of aromatic amines is 1. The first kappa shape index (κ1) is 13.4. The van der Waals surface area contributed by atoms with Crippen molar-refractivity contribution in [3.05, 3.63) is 38.7 Å². The number of benzene rings is 1. The predicted molar refractivity (Wildman–Crippen MR) is 74.9 cm³/mol. The molecule has 2 N–H and O–H groups in total. The van der Waals surface area contributed by atoms with Crippen LogP contribution in [0.3, 0.4) is 0 Å². The fraction of sp³-hybridized carbons (Fsp3) is 0.273. The van der Waals surface area contributed by atoms with Gasteiger partial charge in [-0.05, 0) is 52.4 Å². The normalized spacial score (nSPS) is 10.8. The third kappa shape index (κ3) is 2.85. The van der Waals surface area contributed by atoms with Crippen molar-refractivity contribution >= 4 is 27.7 Å². The van der Waals surface area contributed by atoms with Gasteiger partial charge in [-0.15, -0.1) is 5.10 Å². The van der Waals surface area contributed by atoms with Gasteiger partial charge in [0.25, 0.3) is 0 Å². The summed E-state index contributed by atoms with van der Waals surface area (Å²) in [5.74, 6) is 0. The average molecular weight is 329 g/mol. The molecule has 0 aliphatic rings. The topological polar surface area (TPSA) is 62.7 Å². The highest BCUT2D eigenvalue weighted by atomic mass is 79.9. The molecule has 1 heterocycles. The molecule has 2 aromatic rings. The van der Waals surface area contributed by atoms with Gasteiger partial charge in [0.2, 0.25) is 0 Å². The number of halogens is 1. The second kappa shape index (κ2) is 5.73. The van der Waals surface area contributed by atoms with Crippen LogP contribution in [0.25, 0.3) is 0 Å². The Kier molecular flexibility index (Phi) is 4.26. The lowest BCUT2D eigenvalue weighted by Gasteiger charge is -2.06. The van der Waals surface area contributed by atoms with Gasteiger partial charge in [0, 0.05) is 23.0 Å². The minimum atomic E-state index is -0.208. The van der Waals surface area contributed by atoms with Gasteiger partial charge in [-0.2, -0.15) is 0 Å². The molecule has 2 rings (SSSR count). The molecular weight excluding hydrogens is 316 g/mol. The molecule has 18 heavy (non-hydrogen) atoms. The summed E-state index contributed by atoms with van der Waals surface area (Å²) >= 11 is 4.97. The Balaban J connectivity index is 2.24. The van der Waals surface area contributed by atoms with E-state index in [0.29, 0.717) is 5.16 Å². The number of nitrogens with one attached hydrogen (secondary N) is 2. The maximum Gasteiger partial charge on any atom is 0.343 e. The van der Waals surface area contributed by atoms with Crippen LogP contribution in [0.1, 0.15) is 5.56 Å². The molecule has 0 bridgehead atoms. The van der Waals surface area contributed by atoms with Crippen LogP contribution < -0.4 is 11.0 Å². The average Bonchev–Trinajstić information content (AvgIpc) is 2.65. The van der Waals surface area contributed by atoms with Gasteiger partial charge in [-0.25, -0.2) is 9.89 Å². The molecule has 1 aromatic heterocycles. The van der Waals surface area contributed by atoms with Crippen LogP contribution in [0.15, 0.2) is 37.5 Å². The van der Waals surface area contributed by atoms with Crippen molar-refractivity contribution in [1.82, 2.24) is 20.1 Å². The molecule has 0 aliphatic heterocycles. The lowest BCUT2D eigenvalue weighted by Crippen LogP contribution is -2.12. The predicted octanol–water partition coefficient (Wildman–Crippen LogP) is 1.74. The first-order valence-electron chi connectivity index (χ1n) is 5.34.